The quantitative estimate of drug-likeness (QED) is 0.561. The molecular weight excluding hydrogens is 315 g/mol. The van der Waals surface area contributed by atoms with Crippen LogP contribution in [0, 0.1) is 11.7 Å². The Hall–Kier alpha value is -2.11. The van der Waals surface area contributed by atoms with Crippen LogP contribution in [0.15, 0.2) is 18.2 Å². The van der Waals surface area contributed by atoms with E-state index < -0.39 is 17.8 Å². The van der Waals surface area contributed by atoms with E-state index >= 15 is 0 Å². The molecule has 0 N–H and O–H groups in total. The summed E-state index contributed by atoms with van der Waals surface area (Å²) in [5.74, 6) is -0.781. The molecule has 1 saturated carbocycles. The van der Waals surface area contributed by atoms with Crippen LogP contribution in [-0.2, 0) is 14.3 Å². The molecule has 0 radical (unpaired) electrons. The number of carbonyl (C=O) groups excluding carboxylic acids is 2. The van der Waals surface area contributed by atoms with Gasteiger partial charge in [-0.15, -0.1) is 0 Å². The normalized spacial score (nSPS) is 14.9. The Morgan fingerprint density at radius 1 is 1.08 bits per heavy atom. The number of esters is 2. The monoisotopic (exact) mass is 338 g/mol. The maximum absolute atomic E-state index is 13.1. The first-order chi connectivity index (χ1) is 11.6. The maximum atomic E-state index is 13.1. The first-order valence-electron chi connectivity index (χ1n) is 8.28. The number of halogens is 1. The standard InChI is InChI=1S/C18H23FO5/c1-22-16-11-14(19)7-8-15(16)24-18(21)10-9-17(20)23-12-13-5-3-2-4-6-13/h7-8,11,13H,2-6,9-10,12H2,1H3. The van der Waals surface area contributed by atoms with Gasteiger partial charge in [0.2, 0.25) is 0 Å². The highest BCUT2D eigenvalue weighted by molar-refractivity contribution is 5.79. The van der Waals surface area contributed by atoms with E-state index in [9.17, 15) is 14.0 Å². The van der Waals surface area contributed by atoms with Crippen molar-refractivity contribution in [3.8, 4) is 11.5 Å². The third-order valence-electron chi connectivity index (χ3n) is 4.09. The summed E-state index contributed by atoms with van der Waals surface area (Å²) in [5, 5.41) is 0. The predicted octanol–water partition coefficient (Wildman–Crippen LogP) is 3.64. The van der Waals surface area contributed by atoms with Gasteiger partial charge in [-0.3, -0.25) is 9.59 Å². The smallest absolute Gasteiger partial charge is 0.311 e. The van der Waals surface area contributed by atoms with Crippen LogP contribution >= 0.6 is 0 Å². The van der Waals surface area contributed by atoms with Crippen molar-refractivity contribution < 1.29 is 28.2 Å². The SMILES string of the molecule is COc1cc(F)ccc1OC(=O)CCC(=O)OCC1CCCCC1. The topological polar surface area (TPSA) is 61.8 Å². The lowest BCUT2D eigenvalue weighted by molar-refractivity contribution is -0.148. The molecule has 0 spiro atoms. The van der Waals surface area contributed by atoms with Crippen LogP contribution in [-0.4, -0.2) is 25.7 Å². The summed E-state index contributed by atoms with van der Waals surface area (Å²) in [6.07, 6.45) is 5.70. The summed E-state index contributed by atoms with van der Waals surface area (Å²) < 4.78 is 28.4. The van der Waals surface area contributed by atoms with Gasteiger partial charge in [0, 0.05) is 6.07 Å². The van der Waals surface area contributed by atoms with Gasteiger partial charge in [0.05, 0.1) is 26.6 Å². The highest BCUT2D eigenvalue weighted by Gasteiger charge is 2.17. The van der Waals surface area contributed by atoms with E-state index in [4.69, 9.17) is 14.2 Å². The molecule has 0 atom stereocenters. The van der Waals surface area contributed by atoms with Crippen molar-refractivity contribution in [1.82, 2.24) is 0 Å². The lowest BCUT2D eigenvalue weighted by Crippen LogP contribution is -2.18. The molecule has 1 aromatic carbocycles. The zero-order valence-corrected chi connectivity index (χ0v) is 13.9. The summed E-state index contributed by atoms with van der Waals surface area (Å²) in [5.41, 5.74) is 0. The molecule has 0 bridgehead atoms. The summed E-state index contributed by atoms with van der Waals surface area (Å²) in [6.45, 7) is 0.430. The second kappa shape index (κ2) is 9.25. The van der Waals surface area contributed by atoms with Crippen molar-refractivity contribution in [1.29, 1.82) is 0 Å². The number of ether oxygens (including phenoxy) is 3. The number of benzene rings is 1. The second-order valence-electron chi connectivity index (χ2n) is 5.96. The summed E-state index contributed by atoms with van der Waals surface area (Å²) in [7, 11) is 1.36. The molecule has 1 aliphatic rings. The van der Waals surface area contributed by atoms with Crippen LogP contribution in [0.5, 0.6) is 11.5 Å². The van der Waals surface area contributed by atoms with Gasteiger partial charge >= 0.3 is 11.9 Å². The molecule has 0 heterocycles. The van der Waals surface area contributed by atoms with Crippen LogP contribution < -0.4 is 9.47 Å². The van der Waals surface area contributed by atoms with E-state index in [1.54, 1.807) is 0 Å². The predicted molar refractivity (Wildman–Crippen MR) is 85.4 cm³/mol. The summed E-state index contributed by atoms with van der Waals surface area (Å²) in [4.78, 5) is 23.5. The number of hydrogen-bond acceptors (Lipinski definition) is 5. The number of hydrogen-bond donors (Lipinski definition) is 0. The Kier molecular flexibility index (Phi) is 7.03. The second-order valence-corrected chi connectivity index (χ2v) is 5.96. The molecule has 2 rings (SSSR count). The Morgan fingerprint density at radius 2 is 1.79 bits per heavy atom. The van der Waals surface area contributed by atoms with Gasteiger partial charge in [0.25, 0.3) is 0 Å². The largest absolute Gasteiger partial charge is 0.493 e. The van der Waals surface area contributed by atoms with Crippen molar-refractivity contribution in [2.45, 2.75) is 44.9 Å². The highest BCUT2D eigenvalue weighted by Crippen LogP contribution is 2.28. The van der Waals surface area contributed by atoms with Gasteiger partial charge in [0.15, 0.2) is 11.5 Å². The highest BCUT2D eigenvalue weighted by atomic mass is 19.1. The van der Waals surface area contributed by atoms with Crippen molar-refractivity contribution in [2.75, 3.05) is 13.7 Å². The van der Waals surface area contributed by atoms with E-state index in [1.165, 1.54) is 38.5 Å². The van der Waals surface area contributed by atoms with Gasteiger partial charge in [-0.2, -0.15) is 0 Å². The van der Waals surface area contributed by atoms with Crippen molar-refractivity contribution in [3.05, 3.63) is 24.0 Å². The molecule has 132 valence electrons. The van der Waals surface area contributed by atoms with Gasteiger partial charge < -0.3 is 14.2 Å². The molecular formula is C18H23FO5. The van der Waals surface area contributed by atoms with E-state index in [0.717, 1.165) is 18.9 Å². The lowest BCUT2D eigenvalue weighted by atomic mass is 9.90. The van der Waals surface area contributed by atoms with Crippen molar-refractivity contribution in [3.63, 3.8) is 0 Å². The zero-order valence-electron chi connectivity index (χ0n) is 13.9. The first-order valence-corrected chi connectivity index (χ1v) is 8.28. The lowest BCUT2D eigenvalue weighted by Gasteiger charge is -2.20. The van der Waals surface area contributed by atoms with Crippen LogP contribution in [0.4, 0.5) is 4.39 Å². The molecule has 0 aromatic heterocycles. The third kappa shape index (κ3) is 5.83. The van der Waals surface area contributed by atoms with E-state index in [-0.39, 0.29) is 24.3 Å². The first kappa shape index (κ1) is 18.2. The molecule has 0 unspecified atom stereocenters. The van der Waals surface area contributed by atoms with Gasteiger partial charge in [-0.1, -0.05) is 19.3 Å². The molecule has 1 aromatic rings. The molecule has 0 aliphatic heterocycles. The fourth-order valence-corrected chi connectivity index (χ4v) is 2.74. The fourth-order valence-electron chi connectivity index (χ4n) is 2.74. The average Bonchev–Trinajstić information content (AvgIpc) is 2.60. The Bertz CT molecular complexity index is 567. The van der Waals surface area contributed by atoms with Gasteiger partial charge in [-0.05, 0) is 30.9 Å². The third-order valence-corrected chi connectivity index (χ3v) is 4.09. The van der Waals surface area contributed by atoms with Crippen LogP contribution in [0.1, 0.15) is 44.9 Å². The molecule has 0 amide bonds. The Balaban J connectivity index is 1.71. The molecule has 5 nitrogen and oxygen atoms in total. The molecule has 1 fully saturated rings. The van der Waals surface area contributed by atoms with Crippen LogP contribution in [0.2, 0.25) is 0 Å². The molecule has 1 aliphatic carbocycles. The van der Waals surface area contributed by atoms with Gasteiger partial charge in [-0.25, -0.2) is 4.39 Å². The minimum absolute atomic E-state index is 0.0327. The van der Waals surface area contributed by atoms with E-state index in [2.05, 4.69) is 0 Å². The van der Waals surface area contributed by atoms with Crippen molar-refractivity contribution in [2.24, 2.45) is 5.92 Å². The fraction of sp³-hybridized carbons (Fsp3) is 0.556. The number of methoxy groups -OCH3 is 1. The minimum Gasteiger partial charge on any atom is -0.493 e. The molecule has 6 heteroatoms. The molecule has 0 saturated heterocycles. The Labute approximate surface area is 141 Å². The zero-order chi connectivity index (χ0) is 17.4. The summed E-state index contributed by atoms with van der Waals surface area (Å²) in [6, 6.07) is 3.61. The molecule has 24 heavy (non-hydrogen) atoms. The van der Waals surface area contributed by atoms with Crippen LogP contribution in [0.3, 0.4) is 0 Å². The summed E-state index contributed by atoms with van der Waals surface area (Å²) >= 11 is 0. The Morgan fingerprint density at radius 3 is 2.50 bits per heavy atom. The van der Waals surface area contributed by atoms with Gasteiger partial charge in [0.1, 0.15) is 5.82 Å². The van der Waals surface area contributed by atoms with E-state index in [1.807, 2.05) is 0 Å². The van der Waals surface area contributed by atoms with Crippen molar-refractivity contribution >= 4 is 11.9 Å². The minimum atomic E-state index is -0.588. The number of rotatable bonds is 7. The van der Waals surface area contributed by atoms with Crippen LogP contribution in [0.25, 0.3) is 0 Å². The number of carbonyl (C=O) groups is 2. The maximum Gasteiger partial charge on any atom is 0.311 e. The van der Waals surface area contributed by atoms with E-state index in [0.29, 0.717) is 12.5 Å². The average molecular weight is 338 g/mol.